The lowest BCUT2D eigenvalue weighted by molar-refractivity contribution is -0.116. The van der Waals surface area contributed by atoms with Crippen molar-refractivity contribution in [3.63, 3.8) is 0 Å². The second-order valence-corrected chi connectivity index (χ2v) is 5.46. The van der Waals surface area contributed by atoms with Gasteiger partial charge in [-0.3, -0.25) is 9.36 Å². The molecule has 2 N–H and O–H groups in total. The van der Waals surface area contributed by atoms with E-state index in [0.717, 1.165) is 27.8 Å². The quantitative estimate of drug-likeness (QED) is 0.780. The van der Waals surface area contributed by atoms with Crippen molar-refractivity contribution in [3.05, 3.63) is 64.1 Å². The molecule has 0 saturated carbocycles. The highest BCUT2D eigenvalue weighted by Crippen LogP contribution is 2.14. The molecular formula is C17H17N3O2. The SMILES string of the molecule is Cc1cc(C)cc(NC(=O)Cn2c(=O)[nH]c3ccccc32)c1. The fourth-order valence-corrected chi connectivity index (χ4v) is 2.65. The van der Waals surface area contributed by atoms with Gasteiger partial charge >= 0.3 is 5.69 Å². The van der Waals surface area contributed by atoms with E-state index in [0.29, 0.717) is 0 Å². The molecule has 22 heavy (non-hydrogen) atoms. The zero-order chi connectivity index (χ0) is 15.7. The predicted molar refractivity (Wildman–Crippen MR) is 87.1 cm³/mol. The summed E-state index contributed by atoms with van der Waals surface area (Å²) in [5.74, 6) is -0.225. The zero-order valence-corrected chi connectivity index (χ0v) is 12.5. The van der Waals surface area contributed by atoms with Crippen LogP contribution in [0.4, 0.5) is 5.69 Å². The minimum absolute atomic E-state index is 0.0180. The van der Waals surface area contributed by atoms with Crippen LogP contribution in [0, 0.1) is 13.8 Å². The van der Waals surface area contributed by atoms with Crippen LogP contribution in [0.3, 0.4) is 0 Å². The van der Waals surface area contributed by atoms with Gasteiger partial charge in [0.15, 0.2) is 0 Å². The molecular weight excluding hydrogens is 278 g/mol. The number of benzene rings is 2. The molecule has 0 fully saturated rings. The largest absolute Gasteiger partial charge is 0.326 e. The summed E-state index contributed by atoms with van der Waals surface area (Å²) >= 11 is 0. The summed E-state index contributed by atoms with van der Waals surface area (Å²) in [6.45, 7) is 3.94. The second kappa shape index (κ2) is 5.52. The van der Waals surface area contributed by atoms with Gasteiger partial charge in [0.05, 0.1) is 11.0 Å². The van der Waals surface area contributed by atoms with Crippen molar-refractivity contribution in [2.45, 2.75) is 20.4 Å². The minimum Gasteiger partial charge on any atom is -0.325 e. The Kier molecular flexibility index (Phi) is 3.55. The molecule has 0 unspecified atom stereocenters. The number of carbonyl (C=O) groups excluding carboxylic acids is 1. The van der Waals surface area contributed by atoms with E-state index in [4.69, 9.17) is 0 Å². The summed E-state index contributed by atoms with van der Waals surface area (Å²) in [6, 6.07) is 13.2. The Hall–Kier alpha value is -2.82. The number of hydrogen-bond donors (Lipinski definition) is 2. The Morgan fingerprint density at radius 1 is 1.14 bits per heavy atom. The van der Waals surface area contributed by atoms with Crippen molar-refractivity contribution in [1.29, 1.82) is 0 Å². The van der Waals surface area contributed by atoms with Gasteiger partial charge in [-0.2, -0.15) is 0 Å². The van der Waals surface area contributed by atoms with Gasteiger partial charge in [-0.15, -0.1) is 0 Å². The normalized spacial score (nSPS) is 10.8. The molecule has 1 aromatic heterocycles. The van der Waals surface area contributed by atoms with Crippen molar-refractivity contribution in [3.8, 4) is 0 Å². The third kappa shape index (κ3) is 2.79. The molecule has 112 valence electrons. The van der Waals surface area contributed by atoms with E-state index in [2.05, 4.69) is 10.3 Å². The molecule has 0 aliphatic rings. The molecule has 2 aromatic carbocycles. The van der Waals surface area contributed by atoms with Crippen LogP contribution >= 0.6 is 0 Å². The number of nitrogens with one attached hydrogen (secondary N) is 2. The van der Waals surface area contributed by atoms with E-state index in [1.807, 2.05) is 56.3 Å². The number of nitrogens with zero attached hydrogens (tertiary/aromatic N) is 1. The molecule has 0 saturated heterocycles. The molecule has 5 heteroatoms. The third-order valence-electron chi connectivity index (χ3n) is 3.49. The molecule has 3 rings (SSSR count). The van der Waals surface area contributed by atoms with Gasteiger partial charge in [-0.05, 0) is 49.2 Å². The van der Waals surface area contributed by atoms with Crippen LogP contribution in [-0.2, 0) is 11.3 Å². The fourth-order valence-electron chi connectivity index (χ4n) is 2.65. The number of H-pyrrole nitrogens is 1. The fraction of sp³-hybridized carbons (Fsp3) is 0.176. The van der Waals surface area contributed by atoms with Crippen LogP contribution in [0.1, 0.15) is 11.1 Å². The van der Waals surface area contributed by atoms with Gasteiger partial charge in [0.25, 0.3) is 0 Å². The van der Waals surface area contributed by atoms with Crippen molar-refractivity contribution >= 4 is 22.6 Å². The van der Waals surface area contributed by atoms with Crippen molar-refractivity contribution in [1.82, 2.24) is 9.55 Å². The maximum atomic E-state index is 12.2. The van der Waals surface area contributed by atoms with E-state index < -0.39 is 0 Å². The number of para-hydroxylation sites is 2. The molecule has 0 spiro atoms. The van der Waals surface area contributed by atoms with E-state index in [1.54, 1.807) is 0 Å². The first-order valence-electron chi connectivity index (χ1n) is 7.08. The lowest BCUT2D eigenvalue weighted by atomic mass is 10.1. The Morgan fingerprint density at radius 2 is 1.82 bits per heavy atom. The van der Waals surface area contributed by atoms with E-state index in [9.17, 15) is 9.59 Å². The molecule has 3 aromatic rings. The maximum absolute atomic E-state index is 12.2. The average molecular weight is 295 g/mol. The highest BCUT2D eigenvalue weighted by molar-refractivity contribution is 5.91. The molecule has 0 aliphatic heterocycles. The maximum Gasteiger partial charge on any atom is 0.326 e. The van der Waals surface area contributed by atoms with Crippen LogP contribution in [0.2, 0.25) is 0 Å². The molecule has 5 nitrogen and oxygen atoms in total. The Balaban J connectivity index is 1.84. The number of imidazole rings is 1. The number of aromatic nitrogens is 2. The van der Waals surface area contributed by atoms with Crippen LogP contribution in [-0.4, -0.2) is 15.5 Å². The van der Waals surface area contributed by atoms with Crippen LogP contribution < -0.4 is 11.0 Å². The number of anilines is 1. The second-order valence-electron chi connectivity index (χ2n) is 5.46. The highest BCUT2D eigenvalue weighted by Gasteiger charge is 2.10. The standard InChI is InChI=1S/C17H17N3O2/c1-11-7-12(2)9-13(8-11)18-16(21)10-20-15-6-4-3-5-14(15)19-17(20)22/h3-9H,10H2,1-2H3,(H,18,21)(H,19,22). The summed E-state index contributed by atoms with van der Waals surface area (Å²) in [5, 5.41) is 2.84. The van der Waals surface area contributed by atoms with Gasteiger partial charge in [-0.1, -0.05) is 18.2 Å². The lowest BCUT2D eigenvalue weighted by Gasteiger charge is -2.08. The number of hydrogen-bond acceptors (Lipinski definition) is 2. The monoisotopic (exact) mass is 295 g/mol. The number of amides is 1. The van der Waals surface area contributed by atoms with Gasteiger partial charge in [0, 0.05) is 5.69 Å². The number of aryl methyl sites for hydroxylation is 2. The minimum atomic E-state index is -0.281. The molecule has 0 radical (unpaired) electrons. The third-order valence-corrected chi connectivity index (χ3v) is 3.49. The Morgan fingerprint density at radius 3 is 2.55 bits per heavy atom. The van der Waals surface area contributed by atoms with Crippen LogP contribution in [0.25, 0.3) is 11.0 Å². The smallest absolute Gasteiger partial charge is 0.325 e. The summed E-state index contributed by atoms with van der Waals surface area (Å²) in [6.07, 6.45) is 0. The summed E-state index contributed by atoms with van der Waals surface area (Å²) in [4.78, 5) is 26.9. The van der Waals surface area contributed by atoms with Gasteiger partial charge in [0.1, 0.15) is 6.54 Å². The van der Waals surface area contributed by atoms with E-state index in [-0.39, 0.29) is 18.1 Å². The molecule has 0 atom stereocenters. The number of fused-ring (bicyclic) bond motifs is 1. The number of aromatic amines is 1. The molecule has 0 aliphatic carbocycles. The van der Waals surface area contributed by atoms with Crippen molar-refractivity contribution in [2.75, 3.05) is 5.32 Å². The zero-order valence-electron chi connectivity index (χ0n) is 12.5. The Labute approximate surface area is 127 Å². The van der Waals surface area contributed by atoms with Gasteiger partial charge < -0.3 is 10.3 Å². The number of rotatable bonds is 3. The average Bonchev–Trinajstić information content (AvgIpc) is 2.74. The Bertz CT molecular complexity index is 885. The highest BCUT2D eigenvalue weighted by atomic mass is 16.2. The summed E-state index contributed by atoms with van der Waals surface area (Å²) in [7, 11) is 0. The summed E-state index contributed by atoms with van der Waals surface area (Å²) < 4.78 is 1.44. The van der Waals surface area contributed by atoms with E-state index >= 15 is 0 Å². The van der Waals surface area contributed by atoms with E-state index in [1.165, 1.54) is 4.57 Å². The van der Waals surface area contributed by atoms with Gasteiger partial charge in [0.2, 0.25) is 5.91 Å². The molecule has 0 bridgehead atoms. The summed E-state index contributed by atoms with van der Waals surface area (Å²) in [5.41, 5.74) is 4.08. The van der Waals surface area contributed by atoms with Crippen LogP contribution in [0.15, 0.2) is 47.3 Å². The lowest BCUT2D eigenvalue weighted by Crippen LogP contribution is -2.25. The van der Waals surface area contributed by atoms with Crippen molar-refractivity contribution < 1.29 is 4.79 Å². The predicted octanol–water partition coefficient (Wildman–Crippen LogP) is 2.59. The van der Waals surface area contributed by atoms with Gasteiger partial charge in [-0.25, -0.2) is 4.79 Å². The first kappa shape index (κ1) is 14.1. The van der Waals surface area contributed by atoms with Crippen molar-refractivity contribution in [2.24, 2.45) is 0 Å². The van der Waals surface area contributed by atoms with Crippen LogP contribution in [0.5, 0.6) is 0 Å². The number of carbonyl (C=O) groups is 1. The topological polar surface area (TPSA) is 66.9 Å². The first-order chi connectivity index (χ1) is 10.5. The first-order valence-corrected chi connectivity index (χ1v) is 7.08. The molecule has 1 amide bonds. The molecule has 1 heterocycles.